The Bertz CT molecular complexity index is 368. The van der Waals surface area contributed by atoms with Crippen LogP contribution in [0.3, 0.4) is 0 Å². The van der Waals surface area contributed by atoms with Gasteiger partial charge in [0.2, 0.25) is 0 Å². The number of methoxy groups -OCH3 is 1. The largest absolute Gasteiger partial charge is 0.496 e. The average molecular weight is 299 g/mol. The van der Waals surface area contributed by atoms with Crippen LogP contribution in [0, 0.1) is 0 Å². The van der Waals surface area contributed by atoms with E-state index in [2.05, 4.69) is 27.8 Å². The molecule has 0 fully saturated rings. The van der Waals surface area contributed by atoms with Crippen LogP contribution in [0.15, 0.2) is 35.3 Å². The first kappa shape index (κ1) is 14.2. The van der Waals surface area contributed by atoms with Gasteiger partial charge in [0, 0.05) is 22.6 Å². The lowest BCUT2D eigenvalue weighted by Crippen LogP contribution is -2.29. The van der Waals surface area contributed by atoms with Gasteiger partial charge < -0.3 is 15.8 Å². The highest BCUT2D eigenvalue weighted by molar-refractivity contribution is 9.10. The van der Waals surface area contributed by atoms with Crippen molar-refractivity contribution in [2.45, 2.75) is 12.5 Å². The first-order valence-electron chi connectivity index (χ1n) is 5.60. The second-order valence-electron chi connectivity index (χ2n) is 3.71. The van der Waals surface area contributed by atoms with Crippen LogP contribution in [0.1, 0.15) is 18.0 Å². The van der Waals surface area contributed by atoms with Gasteiger partial charge in [0.15, 0.2) is 0 Å². The molecule has 1 rings (SSSR count). The topological polar surface area (TPSA) is 47.3 Å². The summed E-state index contributed by atoms with van der Waals surface area (Å²) < 4.78 is 6.38. The van der Waals surface area contributed by atoms with Gasteiger partial charge in [0.1, 0.15) is 5.75 Å². The Labute approximate surface area is 111 Å². The highest BCUT2D eigenvalue weighted by Gasteiger charge is 2.14. The van der Waals surface area contributed by atoms with E-state index in [1.165, 1.54) is 0 Å². The van der Waals surface area contributed by atoms with E-state index < -0.39 is 0 Å². The summed E-state index contributed by atoms with van der Waals surface area (Å²) in [6.07, 6.45) is 2.81. The molecule has 0 aromatic heterocycles. The number of nitrogens with two attached hydrogens (primary N) is 1. The van der Waals surface area contributed by atoms with E-state index in [0.717, 1.165) is 28.8 Å². The smallest absolute Gasteiger partial charge is 0.123 e. The molecule has 0 saturated heterocycles. The highest BCUT2D eigenvalue weighted by Crippen LogP contribution is 2.28. The fourth-order valence-electron chi connectivity index (χ4n) is 1.66. The van der Waals surface area contributed by atoms with Gasteiger partial charge in [0.05, 0.1) is 7.11 Å². The van der Waals surface area contributed by atoms with E-state index in [4.69, 9.17) is 10.5 Å². The Balaban J connectivity index is 2.85. The predicted molar refractivity (Wildman–Crippen MR) is 75.3 cm³/mol. The molecule has 0 heterocycles. The van der Waals surface area contributed by atoms with Gasteiger partial charge in [-0.1, -0.05) is 22.0 Å². The molecule has 0 aliphatic heterocycles. The molecule has 1 aromatic carbocycles. The second-order valence-corrected chi connectivity index (χ2v) is 4.62. The van der Waals surface area contributed by atoms with E-state index in [1.54, 1.807) is 7.11 Å². The predicted octanol–water partition coefficient (Wildman–Crippen LogP) is 2.62. The summed E-state index contributed by atoms with van der Waals surface area (Å²) >= 11 is 3.46. The first-order valence-corrected chi connectivity index (χ1v) is 6.40. The van der Waals surface area contributed by atoms with Gasteiger partial charge >= 0.3 is 0 Å². The van der Waals surface area contributed by atoms with Crippen molar-refractivity contribution in [3.63, 3.8) is 0 Å². The van der Waals surface area contributed by atoms with Crippen molar-refractivity contribution in [1.29, 1.82) is 0 Å². The normalized spacial score (nSPS) is 12.2. The second kappa shape index (κ2) is 7.48. The van der Waals surface area contributed by atoms with Crippen LogP contribution in [-0.4, -0.2) is 20.2 Å². The summed E-state index contributed by atoms with van der Waals surface area (Å²) in [5.74, 6) is 0.856. The molecule has 0 radical (unpaired) electrons. The molecule has 0 saturated carbocycles. The molecule has 1 unspecified atom stereocenters. The van der Waals surface area contributed by atoms with Crippen LogP contribution in [-0.2, 0) is 0 Å². The number of ether oxygens (including phenoxy) is 1. The first-order chi connectivity index (χ1) is 8.22. The Hall–Kier alpha value is -0.840. The minimum atomic E-state index is 0.0994. The fraction of sp³-hybridized carbons (Fsp3) is 0.385. The third kappa shape index (κ3) is 4.15. The molecule has 4 heteroatoms. The molecule has 0 aliphatic rings. The third-order valence-electron chi connectivity index (χ3n) is 2.54. The Morgan fingerprint density at radius 3 is 2.94 bits per heavy atom. The van der Waals surface area contributed by atoms with Crippen LogP contribution < -0.4 is 15.8 Å². The summed E-state index contributed by atoms with van der Waals surface area (Å²) in [6.45, 7) is 5.09. The molecule has 3 nitrogen and oxygen atoms in total. The van der Waals surface area contributed by atoms with Crippen molar-refractivity contribution < 1.29 is 4.74 Å². The van der Waals surface area contributed by atoms with Gasteiger partial charge in [-0.15, -0.1) is 6.58 Å². The van der Waals surface area contributed by atoms with Crippen molar-refractivity contribution in [1.82, 2.24) is 5.32 Å². The Morgan fingerprint density at radius 1 is 1.59 bits per heavy atom. The lowest BCUT2D eigenvalue weighted by Gasteiger charge is -2.19. The van der Waals surface area contributed by atoms with Crippen molar-refractivity contribution >= 4 is 15.9 Å². The molecular formula is C13H19BrN2O. The third-order valence-corrected chi connectivity index (χ3v) is 3.04. The van der Waals surface area contributed by atoms with Crippen LogP contribution in [0.2, 0.25) is 0 Å². The Kier molecular flexibility index (Phi) is 6.26. The monoisotopic (exact) mass is 298 g/mol. The average Bonchev–Trinajstić information content (AvgIpc) is 2.35. The van der Waals surface area contributed by atoms with Crippen LogP contribution in [0.25, 0.3) is 0 Å². The highest BCUT2D eigenvalue weighted by atomic mass is 79.9. The van der Waals surface area contributed by atoms with Crippen molar-refractivity contribution in [3.05, 3.63) is 40.9 Å². The zero-order chi connectivity index (χ0) is 12.7. The molecule has 1 aromatic rings. The minimum absolute atomic E-state index is 0.0994. The zero-order valence-electron chi connectivity index (χ0n) is 10.1. The van der Waals surface area contributed by atoms with E-state index in [1.807, 2.05) is 24.3 Å². The van der Waals surface area contributed by atoms with E-state index in [-0.39, 0.29) is 6.04 Å². The van der Waals surface area contributed by atoms with Gasteiger partial charge in [-0.3, -0.25) is 0 Å². The molecule has 94 valence electrons. The molecule has 0 amide bonds. The van der Waals surface area contributed by atoms with Crippen molar-refractivity contribution in [2.75, 3.05) is 20.2 Å². The van der Waals surface area contributed by atoms with Gasteiger partial charge in [-0.25, -0.2) is 0 Å². The zero-order valence-corrected chi connectivity index (χ0v) is 11.7. The van der Waals surface area contributed by atoms with Crippen molar-refractivity contribution in [3.8, 4) is 5.75 Å². The minimum Gasteiger partial charge on any atom is -0.496 e. The molecule has 17 heavy (non-hydrogen) atoms. The number of nitrogens with one attached hydrogen (secondary N) is 1. The number of benzene rings is 1. The maximum absolute atomic E-state index is 5.80. The SMILES string of the molecule is C=CCCNC(CN)c1cc(Br)ccc1OC. The van der Waals surface area contributed by atoms with E-state index in [9.17, 15) is 0 Å². The van der Waals surface area contributed by atoms with Gasteiger partial charge in [-0.2, -0.15) is 0 Å². The number of halogens is 1. The summed E-state index contributed by atoms with van der Waals surface area (Å²) in [7, 11) is 1.67. The fourth-order valence-corrected chi connectivity index (χ4v) is 2.04. The summed E-state index contributed by atoms with van der Waals surface area (Å²) in [5.41, 5.74) is 6.88. The Morgan fingerprint density at radius 2 is 2.35 bits per heavy atom. The standard InChI is InChI=1S/C13H19BrN2O/c1-3-4-7-16-12(9-15)11-8-10(14)5-6-13(11)17-2/h3,5-6,8,12,16H,1,4,7,9,15H2,2H3. The number of rotatable bonds is 7. The van der Waals surface area contributed by atoms with Crippen LogP contribution in [0.5, 0.6) is 5.75 Å². The van der Waals surface area contributed by atoms with Gasteiger partial charge in [0.25, 0.3) is 0 Å². The lowest BCUT2D eigenvalue weighted by molar-refractivity contribution is 0.399. The molecule has 3 N–H and O–H groups in total. The molecule has 1 atom stereocenters. The van der Waals surface area contributed by atoms with E-state index in [0.29, 0.717) is 6.54 Å². The maximum atomic E-state index is 5.80. The van der Waals surface area contributed by atoms with Crippen molar-refractivity contribution in [2.24, 2.45) is 5.73 Å². The van der Waals surface area contributed by atoms with E-state index >= 15 is 0 Å². The van der Waals surface area contributed by atoms with Crippen LogP contribution >= 0.6 is 15.9 Å². The summed E-state index contributed by atoms with van der Waals surface area (Å²) in [5, 5.41) is 3.39. The summed E-state index contributed by atoms with van der Waals surface area (Å²) in [6, 6.07) is 6.04. The molecule has 0 bridgehead atoms. The molecular weight excluding hydrogens is 280 g/mol. The summed E-state index contributed by atoms with van der Waals surface area (Å²) in [4.78, 5) is 0. The number of hydrogen-bond acceptors (Lipinski definition) is 3. The quantitative estimate of drug-likeness (QED) is 0.601. The molecule has 0 spiro atoms. The molecule has 0 aliphatic carbocycles. The number of hydrogen-bond donors (Lipinski definition) is 2. The lowest BCUT2D eigenvalue weighted by atomic mass is 10.1. The van der Waals surface area contributed by atoms with Gasteiger partial charge in [-0.05, 0) is 31.2 Å². The van der Waals surface area contributed by atoms with Crippen LogP contribution in [0.4, 0.5) is 0 Å². The maximum Gasteiger partial charge on any atom is 0.123 e.